The van der Waals surface area contributed by atoms with Crippen molar-refractivity contribution in [3.63, 3.8) is 0 Å². The Morgan fingerprint density at radius 1 is 0.615 bits per heavy atom. The zero-order valence-electron chi connectivity index (χ0n) is 21.7. The van der Waals surface area contributed by atoms with Crippen LogP contribution in [0, 0.1) is 33.8 Å². The number of benzene rings is 4. The Balaban J connectivity index is 1.73. The van der Waals surface area contributed by atoms with Gasteiger partial charge in [-0.3, -0.25) is 10.1 Å². The molecule has 5 heteroatoms. The van der Waals surface area contributed by atoms with E-state index in [1.54, 1.807) is 12.1 Å². The van der Waals surface area contributed by atoms with Crippen LogP contribution in [0.2, 0.25) is 13.1 Å². The Morgan fingerprint density at radius 3 is 1.44 bits per heavy atom. The number of nitro groups is 1. The van der Waals surface area contributed by atoms with Crippen molar-refractivity contribution in [2.75, 3.05) is 5.73 Å². The van der Waals surface area contributed by atoms with Crippen LogP contribution in [-0.4, -0.2) is 13.0 Å². The van der Waals surface area contributed by atoms with Gasteiger partial charge in [0, 0.05) is 39.3 Å². The number of non-ortho nitro benzene ring substituents is 1. The van der Waals surface area contributed by atoms with E-state index in [4.69, 9.17) is 5.73 Å². The number of nitro benzene ring substituents is 1. The average Bonchev–Trinajstić information content (AvgIpc) is 3.18. The predicted octanol–water partition coefficient (Wildman–Crippen LogP) is 7.29. The Labute approximate surface area is 229 Å². The highest BCUT2D eigenvalue weighted by Crippen LogP contribution is 2.48. The molecular weight excluding hydrogens is 496 g/mol. The second kappa shape index (κ2) is 10.7. The lowest BCUT2D eigenvalue weighted by Gasteiger charge is -2.18. The van der Waals surface area contributed by atoms with E-state index in [-0.39, 0.29) is 5.69 Å². The van der Waals surface area contributed by atoms with Crippen LogP contribution in [0.15, 0.2) is 120 Å². The second-order valence-corrected chi connectivity index (χ2v) is 14.0. The van der Waals surface area contributed by atoms with Crippen molar-refractivity contribution in [3.05, 3.63) is 152 Å². The van der Waals surface area contributed by atoms with Crippen molar-refractivity contribution in [2.24, 2.45) is 0 Å². The molecule has 39 heavy (non-hydrogen) atoms. The van der Waals surface area contributed by atoms with Crippen LogP contribution in [0.3, 0.4) is 0 Å². The summed E-state index contributed by atoms with van der Waals surface area (Å²) in [7, 11) is -2.36. The van der Waals surface area contributed by atoms with Crippen molar-refractivity contribution in [2.45, 2.75) is 13.1 Å². The standard InChI is InChI=1S/C34H26N2O2Si/c1-39(2)31(23-17-25-13-19-29(35)20-14-25)33(27-9-5-3-6-10-27)34(28-11-7-4-8-12-28)32(39)24-18-26-15-21-30(22-16-26)36(37)38/h3-16,19-22H,35H2,1-2H3. The number of hydrogen-bond donors (Lipinski definition) is 1. The number of nitrogens with zero attached hydrogens (tertiary/aromatic N) is 1. The van der Waals surface area contributed by atoms with Crippen LogP contribution in [0.4, 0.5) is 11.4 Å². The molecule has 1 aliphatic heterocycles. The first-order valence-electron chi connectivity index (χ1n) is 12.6. The van der Waals surface area contributed by atoms with Crippen LogP contribution in [0.25, 0.3) is 11.1 Å². The van der Waals surface area contributed by atoms with Crippen LogP contribution in [0.1, 0.15) is 22.3 Å². The molecule has 1 aliphatic rings. The molecule has 0 spiro atoms. The first kappa shape index (κ1) is 25.5. The van der Waals surface area contributed by atoms with Gasteiger partial charge < -0.3 is 5.73 Å². The van der Waals surface area contributed by atoms with E-state index < -0.39 is 13.0 Å². The molecule has 0 atom stereocenters. The number of anilines is 1. The van der Waals surface area contributed by atoms with Crippen molar-refractivity contribution in [1.29, 1.82) is 0 Å². The quantitative estimate of drug-likeness (QED) is 0.101. The number of hydrogen-bond acceptors (Lipinski definition) is 3. The molecule has 0 fully saturated rings. The van der Waals surface area contributed by atoms with Crippen LogP contribution >= 0.6 is 0 Å². The third kappa shape index (κ3) is 5.31. The largest absolute Gasteiger partial charge is 0.399 e. The minimum atomic E-state index is -2.36. The number of rotatable bonds is 3. The first-order valence-corrected chi connectivity index (χ1v) is 15.6. The van der Waals surface area contributed by atoms with Crippen LogP contribution in [-0.2, 0) is 0 Å². The van der Waals surface area contributed by atoms with E-state index in [0.717, 1.165) is 43.8 Å². The average molecular weight is 523 g/mol. The molecule has 0 radical (unpaired) electrons. The van der Waals surface area contributed by atoms with Crippen molar-refractivity contribution < 1.29 is 4.92 Å². The Morgan fingerprint density at radius 2 is 1.03 bits per heavy atom. The molecule has 4 aromatic rings. The summed E-state index contributed by atoms with van der Waals surface area (Å²) in [4.78, 5) is 10.7. The molecule has 4 aromatic carbocycles. The van der Waals surface area contributed by atoms with Gasteiger partial charge >= 0.3 is 0 Å². The van der Waals surface area contributed by atoms with Crippen LogP contribution in [0.5, 0.6) is 0 Å². The molecule has 4 nitrogen and oxygen atoms in total. The van der Waals surface area contributed by atoms with Crippen molar-refractivity contribution >= 4 is 30.6 Å². The molecule has 0 amide bonds. The molecule has 0 aliphatic carbocycles. The lowest BCUT2D eigenvalue weighted by molar-refractivity contribution is -0.384. The molecule has 0 saturated carbocycles. The van der Waals surface area contributed by atoms with Gasteiger partial charge in [0.25, 0.3) is 5.69 Å². The lowest BCUT2D eigenvalue weighted by Crippen LogP contribution is -2.29. The molecule has 2 N–H and O–H groups in total. The summed E-state index contributed by atoms with van der Waals surface area (Å²) >= 11 is 0. The van der Waals surface area contributed by atoms with Gasteiger partial charge in [0.15, 0.2) is 0 Å². The predicted molar refractivity (Wildman–Crippen MR) is 162 cm³/mol. The number of nitrogen functional groups attached to an aromatic ring is 1. The third-order valence-corrected chi connectivity index (χ3v) is 10.0. The van der Waals surface area contributed by atoms with Crippen molar-refractivity contribution in [3.8, 4) is 23.7 Å². The van der Waals surface area contributed by atoms with Gasteiger partial charge in [-0.1, -0.05) is 97.4 Å². The Kier molecular flexibility index (Phi) is 7.02. The topological polar surface area (TPSA) is 69.2 Å². The van der Waals surface area contributed by atoms with Gasteiger partial charge in [0.1, 0.15) is 8.07 Å². The van der Waals surface area contributed by atoms with E-state index >= 15 is 0 Å². The molecule has 0 saturated heterocycles. The minimum absolute atomic E-state index is 0.0496. The molecule has 0 bridgehead atoms. The molecule has 5 rings (SSSR count). The summed E-state index contributed by atoms with van der Waals surface area (Å²) in [5.74, 6) is 13.8. The highest BCUT2D eigenvalue weighted by atomic mass is 28.3. The fourth-order valence-electron chi connectivity index (χ4n) is 4.73. The van der Waals surface area contributed by atoms with Crippen molar-refractivity contribution in [1.82, 2.24) is 0 Å². The molecule has 0 unspecified atom stereocenters. The zero-order chi connectivity index (χ0) is 27.4. The minimum Gasteiger partial charge on any atom is -0.399 e. The summed E-state index contributed by atoms with van der Waals surface area (Å²) in [6.45, 7) is 4.58. The van der Waals surface area contributed by atoms with Gasteiger partial charge in [-0.05, 0) is 58.7 Å². The monoisotopic (exact) mass is 522 g/mol. The van der Waals surface area contributed by atoms with E-state index in [0.29, 0.717) is 5.69 Å². The molecular formula is C34H26N2O2Si. The summed E-state index contributed by atoms with van der Waals surface area (Å²) in [6, 6.07) is 34.7. The van der Waals surface area contributed by atoms with Gasteiger partial charge in [-0.15, -0.1) is 0 Å². The first-order chi connectivity index (χ1) is 18.8. The Bertz CT molecular complexity index is 1730. The highest BCUT2D eigenvalue weighted by Gasteiger charge is 2.41. The summed E-state index contributed by atoms with van der Waals surface area (Å²) < 4.78 is 0. The summed E-state index contributed by atoms with van der Waals surface area (Å²) in [5, 5.41) is 13.3. The van der Waals surface area contributed by atoms with Gasteiger partial charge in [-0.2, -0.15) is 0 Å². The molecule has 188 valence electrons. The maximum absolute atomic E-state index is 11.1. The maximum atomic E-state index is 11.1. The fraction of sp³-hybridized carbons (Fsp3) is 0.0588. The zero-order valence-corrected chi connectivity index (χ0v) is 22.7. The van der Waals surface area contributed by atoms with E-state index in [9.17, 15) is 10.1 Å². The van der Waals surface area contributed by atoms with E-state index in [1.807, 2.05) is 60.7 Å². The van der Waals surface area contributed by atoms with Gasteiger partial charge in [0.2, 0.25) is 0 Å². The second-order valence-electron chi connectivity index (χ2n) is 9.78. The summed E-state index contributed by atoms with van der Waals surface area (Å²) in [5.41, 5.74) is 12.7. The summed E-state index contributed by atoms with van der Waals surface area (Å²) in [6.07, 6.45) is 0. The van der Waals surface area contributed by atoms with Crippen LogP contribution < -0.4 is 5.73 Å². The SMILES string of the molecule is C[Si]1(C)C(C#Cc2ccc(N)cc2)=C(c2ccccc2)C(c2ccccc2)=C1C#Cc1ccc([N+](=O)[O-])cc1. The smallest absolute Gasteiger partial charge is 0.269 e. The highest BCUT2D eigenvalue weighted by molar-refractivity contribution is 6.96. The molecule has 0 aromatic heterocycles. The number of nitrogens with two attached hydrogens (primary N) is 1. The fourth-order valence-corrected chi connectivity index (χ4v) is 7.52. The van der Waals surface area contributed by atoms with Gasteiger partial charge in [-0.25, -0.2) is 0 Å². The van der Waals surface area contributed by atoms with E-state index in [1.165, 1.54) is 12.1 Å². The third-order valence-electron chi connectivity index (χ3n) is 6.78. The number of allylic oxidation sites excluding steroid dienone is 4. The van der Waals surface area contributed by atoms with Gasteiger partial charge in [0.05, 0.1) is 4.92 Å². The lowest BCUT2D eigenvalue weighted by atomic mass is 9.91. The maximum Gasteiger partial charge on any atom is 0.269 e. The molecule has 1 heterocycles. The van der Waals surface area contributed by atoms with E-state index in [2.05, 4.69) is 61.0 Å². The Hall–Kier alpha value is -5.10. The normalized spacial score (nSPS) is 13.8.